The van der Waals surface area contributed by atoms with E-state index in [0.29, 0.717) is 50.9 Å². The lowest BCUT2D eigenvalue weighted by Gasteiger charge is -2.36. The number of hydrogen-bond acceptors (Lipinski definition) is 9. The highest BCUT2D eigenvalue weighted by Crippen LogP contribution is 2.49. The molecule has 1 aliphatic carbocycles. The summed E-state index contributed by atoms with van der Waals surface area (Å²) < 4.78 is 33.2. The molecular formula is C30H34BrNO8. The first-order chi connectivity index (χ1) is 19.3. The number of ketones is 1. The van der Waals surface area contributed by atoms with Crippen molar-refractivity contribution in [3.8, 4) is 23.0 Å². The van der Waals surface area contributed by atoms with Crippen molar-refractivity contribution in [2.75, 3.05) is 48.8 Å². The van der Waals surface area contributed by atoms with Crippen molar-refractivity contribution in [2.24, 2.45) is 10.9 Å². The number of methoxy groups -OCH3 is 5. The van der Waals surface area contributed by atoms with Crippen molar-refractivity contribution >= 4 is 33.4 Å². The van der Waals surface area contributed by atoms with Crippen LogP contribution in [0.2, 0.25) is 0 Å². The van der Waals surface area contributed by atoms with Crippen LogP contribution in [0.25, 0.3) is 0 Å². The minimum Gasteiger partial charge on any atom is -0.493 e. The number of esters is 1. The molecule has 0 fully saturated rings. The van der Waals surface area contributed by atoms with Crippen LogP contribution in [0.4, 0.5) is 0 Å². The van der Waals surface area contributed by atoms with Gasteiger partial charge in [0.05, 0.1) is 39.5 Å². The molecule has 2 aromatic rings. The molecule has 1 heterocycles. The monoisotopic (exact) mass is 615 g/mol. The van der Waals surface area contributed by atoms with Crippen LogP contribution in [-0.2, 0) is 19.1 Å². The molecule has 10 heteroatoms. The summed E-state index contributed by atoms with van der Waals surface area (Å²) in [6, 6.07) is 9.36. The molecule has 0 spiro atoms. The van der Waals surface area contributed by atoms with Gasteiger partial charge in [0.25, 0.3) is 0 Å². The Bertz CT molecular complexity index is 1350. The largest absolute Gasteiger partial charge is 0.493 e. The maximum absolute atomic E-state index is 13.9. The molecule has 0 N–H and O–H groups in total. The van der Waals surface area contributed by atoms with E-state index in [1.165, 1.54) is 7.11 Å². The lowest BCUT2D eigenvalue weighted by molar-refractivity contribution is -0.147. The first kappa shape index (κ1) is 29.6. The number of ether oxygens (including phenoxy) is 6. The molecule has 0 radical (unpaired) electrons. The van der Waals surface area contributed by atoms with E-state index in [4.69, 9.17) is 33.4 Å². The highest BCUT2D eigenvalue weighted by molar-refractivity contribution is 9.10. The molecular weight excluding hydrogens is 582 g/mol. The van der Waals surface area contributed by atoms with Gasteiger partial charge in [-0.05, 0) is 70.6 Å². The molecule has 4 rings (SSSR count). The Labute approximate surface area is 242 Å². The van der Waals surface area contributed by atoms with Crippen molar-refractivity contribution in [1.29, 1.82) is 0 Å². The molecule has 3 atom stereocenters. The first-order valence-electron chi connectivity index (χ1n) is 12.9. The zero-order chi connectivity index (χ0) is 29.0. The van der Waals surface area contributed by atoms with E-state index in [0.717, 1.165) is 11.1 Å². The van der Waals surface area contributed by atoms with Crippen LogP contribution in [-0.4, -0.2) is 66.2 Å². The SMILES string of the molecule is COCCOC(=O)C1C(C)=NC2=C(C(=O)C[C@H](c3ccc(OC)c(OC)c3)C2)[C@@H]1c1cc(Br)c(OC)c(OC)c1. The number of nitrogens with zero attached hydrogens (tertiary/aromatic N) is 1. The second kappa shape index (κ2) is 12.9. The highest BCUT2D eigenvalue weighted by Gasteiger charge is 2.45. The second-order valence-corrected chi connectivity index (χ2v) is 10.5. The fourth-order valence-electron chi connectivity index (χ4n) is 5.50. The van der Waals surface area contributed by atoms with Crippen molar-refractivity contribution < 1.29 is 38.0 Å². The smallest absolute Gasteiger partial charge is 0.315 e. The summed E-state index contributed by atoms with van der Waals surface area (Å²) in [5.41, 5.74) is 3.45. The Hall–Kier alpha value is -3.37. The Morgan fingerprint density at radius 3 is 2.25 bits per heavy atom. The van der Waals surface area contributed by atoms with E-state index in [1.54, 1.807) is 41.4 Å². The van der Waals surface area contributed by atoms with Gasteiger partial charge in [-0.3, -0.25) is 14.6 Å². The molecule has 0 saturated carbocycles. The molecule has 40 heavy (non-hydrogen) atoms. The maximum Gasteiger partial charge on any atom is 0.315 e. The average Bonchev–Trinajstić information content (AvgIpc) is 2.95. The standard InChI is InChI=1S/C30H34BrNO8/c1-16-26(30(34)40-10-9-35-2)27(19-11-20(31)29(39-6)25(15-19)38-5)28-21(32-16)12-18(13-22(28)33)17-7-8-23(36-3)24(14-17)37-4/h7-8,11,14-15,18,26-27H,9-10,12-13H2,1-6H3/t18-,26?,27-/m1/s1. The van der Waals surface area contributed by atoms with Crippen LogP contribution in [0.1, 0.15) is 42.7 Å². The molecule has 0 aromatic heterocycles. The summed E-state index contributed by atoms with van der Waals surface area (Å²) in [5.74, 6) is 0.177. The zero-order valence-corrected chi connectivity index (χ0v) is 25.1. The second-order valence-electron chi connectivity index (χ2n) is 9.61. The van der Waals surface area contributed by atoms with E-state index in [2.05, 4.69) is 15.9 Å². The molecule has 0 bridgehead atoms. The van der Waals surface area contributed by atoms with Crippen LogP contribution in [0.15, 0.2) is 51.1 Å². The molecule has 0 saturated heterocycles. The number of carbonyl (C=O) groups excluding carboxylic acids is 2. The fourth-order valence-corrected chi connectivity index (χ4v) is 6.12. The molecule has 2 aliphatic rings. The summed E-state index contributed by atoms with van der Waals surface area (Å²) in [5, 5.41) is 0. The Balaban J connectivity index is 1.81. The van der Waals surface area contributed by atoms with Crippen LogP contribution in [0.5, 0.6) is 23.0 Å². The number of halogens is 1. The quantitative estimate of drug-likeness (QED) is 0.264. The van der Waals surface area contributed by atoms with Gasteiger partial charge in [0, 0.05) is 36.4 Å². The highest BCUT2D eigenvalue weighted by atomic mass is 79.9. The fraction of sp³-hybridized carbons (Fsp3) is 0.433. The van der Waals surface area contributed by atoms with Gasteiger partial charge in [-0.25, -0.2) is 0 Å². The van der Waals surface area contributed by atoms with Crippen molar-refractivity contribution in [1.82, 2.24) is 0 Å². The topological polar surface area (TPSA) is 102 Å². The van der Waals surface area contributed by atoms with Gasteiger partial charge in [0.2, 0.25) is 0 Å². The molecule has 2 aromatic carbocycles. The van der Waals surface area contributed by atoms with Gasteiger partial charge in [-0.2, -0.15) is 0 Å². The number of allylic oxidation sites excluding steroid dienone is 2. The molecule has 1 unspecified atom stereocenters. The Morgan fingerprint density at radius 1 is 0.900 bits per heavy atom. The Kier molecular flexibility index (Phi) is 9.52. The summed E-state index contributed by atoms with van der Waals surface area (Å²) in [6.07, 6.45) is 0.795. The van der Waals surface area contributed by atoms with Crippen LogP contribution < -0.4 is 18.9 Å². The number of Topliss-reactive ketones (excluding diaryl/α,β-unsaturated/α-hetero) is 1. The molecule has 1 aliphatic heterocycles. The summed E-state index contributed by atoms with van der Waals surface area (Å²) in [4.78, 5) is 32.2. The third kappa shape index (κ3) is 5.74. The Morgan fingerprint density at radius 2 is 1.60 bits per heavy atom. The van der Waals surface area contributed by atoms with E-state index < -0.39 is 17.8 Å². The number of rotatable bonds is 10. The lowest BCUT2D eigenvalue weighted by atomic mass is 9.69. The number of carbonyl (C=O) groups is 2. The van der Waals surface area contributed by atoms with Gasteiger partial charge in [-0.1, -0.05) is 6.07 Å². The average molecular weight is 617 g/mol. The van der Waals surface area contributed by atoms with Crippen LogP contribution in [0.3, 0.4) is 0 Å². The van der Waals surface area contributed by atoms with E-state index in [1.807, 2.05) is 24.3 Å². The summed E-state index contributed by atoms with van der Waals surface area (Å²) >= 11 is 3.57. The summed E-state index contributed by atoms with van der Waals surface area (Å²) in [7, 11) is 7.80. The normalized spacial score (nSPS) is 20.4. The third-order valence-corrected chi connectivity index (χ3v) is 7.96. The predicted octanol–water partition coefficient (Wildman–Crippen LogP) is 5.25. The summed E-state index contributed by atoms with van der Waals surface area (Å²) in [6.45, 7) is 2.17. The number of hydrogen-bond donors (Lipinski definition) is 0. The van der Waals surface area contributed by atoms with Gasteiger partial charge in [-0.15, -0.1) is 0 Å². The minimum atomic E-state index is -0.790. The van der Waals surface area contributed by atoms with Crippen molar-refractivity contribution in [2.45, 2.75) is 31.6 Å². The number of aliphatic imine (C=N–C) groups is 1. The minimum absolute atomic E-state index is 0.0668. The van der Waals surface area contributed by atoms with Crippen molar-refractivity contribution in [3.63, 3.8) is 0 Å². The van der Waals surface area contributed by atoms with E-state index in [-0.39, 0.29) is 31.3 Å². The first-order valence-corrected chi connectivity index (χ1v) is 13.7. The van der Waals surface area contributed by atoms with Gasteiger partial charge in [0.1, 0.15) is 12.5 Å². The lowest BCUT2D eigenvalue weighted by Crippen LogP contribution is -2.38. The van der Waals surface area contributed by atoms with Gasteiger partial charge in [0.15, 0.2) is 28.8 Å². The predicted molar refractivity (Wildman–Crippen MR) is 153 cm³/mol. The van der Waals surface area contributed by atoms with Crippen LogP contribution in [0, 0.1) is 5.92 Å². The van der Waals surface area contributed by atoms with E-state index in [9.17, 15) is 9.59 Å². The van der Waals surface area contributed by atoms with Crippen molar-refractivity contribution in [3.05, 3.63) is 57.2 Å². The number of benzene rings is 2. The molecule has 0 amide bonds. The van der Waals surface area contributed by atoms with Crippen LogP contribution >= 0.6 is 15.9 Å². The third-order valence-electron chi connectivity index (χ3n) is 7.37. The maximum atomic E-state index is 13.9. The zero-order valence-electron chi connectivity index (χ0n) is 23.5. The molecule has 214 valence electrons. The van der Waals surface area contributed by atoms with Gasteiger partial charge < -0.3 is 28.4 Å². The van der Waals surface area contributed by atoms with Gasteiger partial charge >= 0.3 is 5.97 Å². The molecule has 9 nitrogen and oxygen atoms in total. The van der Waals surface area contributed by atoms with E-state index >= 15 is 0 Å².